The average molecular weight is 326 g/mol. The lowest BCUT2D eigenvalue weighted by atomic mass is 9.87. The van der Waals surface area contributed by atoms with Crippen molar-refractivity contribution in [1.29, 1.82) is 0 Å². The smallest absolute Gasteiger partial charge is 0.233 e. The minimum Gasteiger partial charge on any atom is -0.383 e. The van der Waals surface area contributed by atoms with E-state index in [9.17, 15) is 4.79 Å². The van der Waals surface area contributed by atoms with Gasteiger partial charge in [-0.15, -0.1) is 10.2 Å². The molecule has 1 aromatic rings. The summed E-state index contributed by atoms with van der Waals surface area (Å²) in [6, 6.07) is 0.399. The summed E-state index contributed by atoms with van der Waals surface area (Å²) in [5.41, 5.74) is 0. The quantitative estimate of drug-likeness (QED) is 0.718. The van der Waals surface area contributed by atoms with Gasteiger partial charge in [0.05, 0.1) is 12.4 Å². The van der Waals surface area contributed by atoms with Gasteiger partial charge in [0.15, 0.2) is 5.16 Å². The van der Waals surface area contributed by atoms with Crippen LogP contribution in [0.25, 0.3) is 0 Å². The van der Waals surface area contributed by atoms with Gasteiger partial charge < -0.3 is 14.2 Å². The third-order valence-corrected chi connectivity index (χ3v) is 5.33. The van der Waals surface area contributed by atoms with Crippen LogP contribution in [-0.2, 0) is 16.1 Å². The summed E-state index contributed by atoms with van der Waals surface area (Å²) < 4.78 is 6.98. The third-order valence-electron chi connectivity index (χ3n) is 4.37. The highest BCUT2D eigenvalue weighted by Gasteiger charge is 2.24. The average Bonchev–Trinajstić information content (AvgIpc) is 2.98. The molecule has 1 fully saturated rings. The van der Waals surface area contributed by atoms with Crippen molar-refractivity contribution in [2.24, 2.45) is 5.92 Å². The second kappa shape index (κ2) is 8.53. The minimum atomic E-state index is 0.172. The zero-order valence-electron chi connectivity index (χ0n) is 13.7. The molecular formula is C15H26N4O2S. The van der Waals surface area contributed by atoms with Crippen molar-refractivity contribution >= 4 is 17.7 Å². The highest BCUT2D eigenvalue weighted by atomic mass is 32.2. The Balaban J connectivity index is 1.81. The summed E-state index contributed by atoms with van der Waals surface area (Å²) in [6.45, 7) is 3.61. The van der Waals surface area contributed by atoms with Crippen molar-refractivity contribution in [3.63, 3.8) is 0 Å². The molecule has 0 unspecified atom stereocenters. The maximum atomic E-state index is 12.4. The Bertz CT molecular complexity index is 472. The van der Waals surface area contributed by atoms with E-state index < -0.39 is 0 Å². The van der Waals surface area contributed by atoms with Crippen LogP contribution in [0, 0.1) is 5.92 Å². The number of rotatable bonds is 7. The van der Waals surface area contributed by atoms with Gasteiger partial charge in [0.1, 0.15) is 6.33 Å². The van der Waals surface area contributed by atoms with E-state index in [0.717, 1.165) is 23.9 Å². The van der Waals surface area contributed by atoms with Crippen LogP contribution < -0.4 is 0 Å². The fraction of sp³-hybridized carbons (Fsp3) is 0.800. The van der Waals surface area contributed by atoms with Crippen LogP contribution in [0.3, 0.4) is 0 Å². The Labute approximate surface area is 136 Å². The Morgan fingerprint density at radius 3 is 2.86 bits per heavy atom. The predicted octanol–water partition coefficient (Wildman–Crippen LogP) is 2.05. The number of nitrogens with zero attached hydrogens (tertiary/aromatic N) is 4. The van der Waals surface area contributed by atoms with Gasteiger partial charge in [0, 0.05) is 26.7 Å². The zero-order chi connectivity index (χ0) is 15.9. The van der Waals surface area contributed by atoms with E-state index in [1.807, 2.05) is 16.5 Å². The van der Waals surface area contributed by atoms with Gasteiger partial charge >= 0.3 is 0 Å². The van der Waals surface area contributed by atoms with Gasteiger partial charge in [-0.1, -0.05) is 18.7 Å². The molecule has 1 heterocycles. The van der Waals surface area contributed by atoms with E-state index in [1.165, 1.54) is 24.6 Å². The Morgan fingerprint density at radius 1 is 1.45 bits per heavy atom. The first-order chi connectivity index (χ1) is 10.6. The number of methoxy groups -OCH3 is 1. The van der Waals surface area contributed by atoms with E-state index in [1.54, 1.807) is 13.4 Å². The van der Waals surface area contributed by atoms with Crippen molar-refractivity contribution in [1.82, 2.24) is 19.7 Å². The summed E-state index contributed by atoms with van der Waals surface area (Å²) in [5.74, 6) is 1.38. The first-order valence-corrected chi connectivity index (χ1v) is 8.85. The molecule has 0 aromatic carbocycles. The van der Waals surface area contributed by atoms with Crippen LogP contribution in [0.1, 0.15) is 32.6 Å². The molecule has 1 aliphatic carbocycles. The fourth-order valence-electron chi connectivity index (χ4n) is 2.76. The second-order valence-electron chi connectivity index (χ2n) is 6.01. The Hall–Kier alpha value is -1.08. The van der Waals surface area contributed by atoms with Crippen molar-refractivity contribution < 1.29 is 9.53 Å². The summed E-state index contributed by atoms with van der Waals surface area (Å²) >= 11 is 1.45. The SMILES string of the molecule is COCCn1cnnc1SCC(=O)N(C)C1CCC(C)CC1. The van der Waals surface area contributed by atoms with E-state index in [2.05, 4.69) is 17.1 Å². The molecule has 1 saturated carbocycles. The lowest BCUT2D eigenvalue weighted by molar-refractivity contribution is -0.129. The number of thioether (sulfide) groups is 1. The summed E-state index contributed by atoms with van der Waals surface area (Å²) in [6.07, 6.45) is 6.37. The number of hydrogen-bond acceptors (Lipinski definition) is 5. The van der Waals surface area contributed by atoms with Gasteiger partial charge in [-0.3, -0.25) is 4.79 Å². The number of carbonyl (C=O) groups is 1. The predicted molar refractivity (Wildman–Crippen MR) is 86.8 cm³/mol. The molecule has 2 rings (SSSR count). The molecule has 22 heavy (non-hydrogen) atoms. The van der Waals surface area contributed by atoms with E-state index in [4.69, 9.17) is 4.74 Å². The zero-order valence-corrected chi connectivity index (χ0v) is 14.5. The van der Waals surface area contributed by atoms with Crippen molar-refractivity contribution in [2.75, 3.05) is 26.5 Å². The van der Waals surface area contributed by atoms with E-state index >= 15 is 0 Å². The fourth-order valence-corrected chi connectivity index (χ4v) is 3.63. The van der Waals surface area contributed by atoms with Crippen molar-refractivity contribution in [2.45, 2.75) is 50.4 Å². The molecule has 0 radical (unpaired) electrons. The molecule has 0 aliphatic heterocycles. The molecule has 0 saturated heterocycles. The number of aromatic nitrogens is 3. The van der Waals surface area contributed by atoms with E-state index in [-0.39, 0.29) is 5.91 Å². The molecule has 1 amide bonds. The molecule has 0 bridgehead atoms. The lowest BCUT2D eigenvalue weighted by Crippen LogP contribution is -2.40. The van der Waals surface area contributed by atoms with Crippen LogP contribution in [0.4, 0.5) is 0 Å². The maximum Gasteiger partial charge on any atom is 0.233 e. The topological polar surface area (TPSA) is 60.2 Å². The summed E-state index contributed by atoms with van der Waals surface area (Å²) in [5, 5.41) is 8.75. The summed E-state index contributed by atoms with van der Waals surface area (Å²) in [7, 11) is 3.60. The van der Waals surface area contributed by atoms with Crippen LogP contribution in [0.5, 0.6) is 0 Å². The second-order valence-corrected chi connectivity index (χ2v) is 6.95. The lowest BCUT2D eigenvalue weighted by Gasteiger charge is -2.33. The number of carbonyl (C=O) groups excluding carboxylic acids is 1. The Morgan fingerprint density at radius 2 is 2.18 bits per heavy atom. The minimum absolute atomic E-state index is 0.172. The van der Waals surface area contributed by atoms with Gasteiger partial charge in [-0.25, -0.2) is 0 Å². The first kappa shape index (κ1) is 17.3. The first-order valence-electron chi connectivity index (χ1n) is 7.87. The van der Waals surface area contributed by atoms with Gasteiger partial charge in [0.2, 0.25) is 5.91 Å². The monoisotopic (exact) mass is 326 g/mol. The molecule has 7 heteroatoms. The standard InChI is InChI=1S/C15H26N4O2S/c1-12-4-6-13(7-5-12)18(2)14(20)10-22-15-17-16-11-19(15)8-9-21-3/h11-13H,4-10H2,1-3H3. The maximum absolute atomic E-state index is 12.4. The normalized spacial score (nSPS) is 21.8. The molecule has 124 valence electrons. The van der Waals surface area contributed by atoms with E-state index in [0.29, 0.717) is 24.9 Å². The largest absolute Gasteiger partial charge is 0.383 e. The highest BCUT2D eigenvalue weighted by Crippen LogP contribution is 2.27. The van der Waals surface area contributed by atoms with Crippen molar-refractivity contribution in [3.8, 4) is 0 Å². The van der Waals surface area contributed by atoms with Gasteiger partial charge in [0.25, 0.3) is 0 Å². The number of hydrogen-bond donors (Lipinski definition) is 0. The van der Waals surface area contributed by atoms with Crippen LogP contribution in [0.2, 0.25) is 0 Å². The van der Waals surface area contributed by atoms with Crippen LogP contribution in [-0.4, -0.2) is 58.1 Å². The molecule has 0 N–H and O–H groups in total. The Kier molecular flexibility index (Phi) is 6.70. The molecular weight excluding hydrogens is 300 g/mol. The number of ether oxygens (including phenoxy) is 1. The molecule has 1 aromatic heterocycles. The van der Waals surface area contributed by atoms with Gasteiger partial charge in [-0.05, 0) is 31.6 Å². The molecule has 1 aliphatic rings. The highest BCUT2D eigenvalue weighted by molar-refractivity contribution is 7.99. The molecule has 6 nitrogen and oxygen atoms in total. The summed E-state index contributed by atoms with van der Waals surface area (Å²) in [4.78, 5) is 14.3. The molecule has 0 spiro atoms. The number of amides is 1. The van der Waals surface area contributed by atoms with Crippen LogP contribution in [0.15, 0.2) is 11.5 Å². The van der Waals surface area contributed by atoms with Crippen LogP contribution >= 0.6 is 11.8 Å². The van der Waals surface area contributed by atoms with Crippen molar-refractivity contribution in [3.05, 3.63) is 6.33 Å². The van der Waals surface area contributed by atoms with Gasteiger partial charge in [-0.2, -0.15) is 0 Å². The third kappa shape index (κ3) is 4.71. The molecule has 0 atom stereocenters.